The van der Waals surface area contributed by atoms with E-state index in [0.29, 0.717) is 13.1 Å². The molecule has 0 aliphatic carbocycles. The van der Waals surface area contributed by atoms with Crippen LogP contribution in [0.5, 0.6) is 0 Å². The molecule has 0 fully saturated rings. The van der Waals surface area contributed by atoms with Crippen LogP contribution in [0.3, 0.4) is 0 Å². The zero-order chi connectivity index (χ0) is 9.66. The Morgan fingerprint density at radius 1 is 0.833 bits per heavy atom. The summed E-state index contributed by atoms with van der Waals surface area (Å²) in [5, 5.41) is 6.15. The van der Waals surface area contributed by atoms with Crippen molar-refractivity contribution in [2.24, 2.45) is 11.5 Å². The highest BCUT2D eigenvalue weighted by molar-refractivity contribution is 4.45. The van der Waals surface area contributed by atoms with Crippen LogP contribution < -0.4 is 22.1 Å². The summed E-state index contributed by atoms with van der Waals surface area (Å²) in [6.45, 7) is 9.52. The highest BCUT2D eigenvalue weighted by atomic mass is 14.9. The molecule has 0 atom stereocenters. The Morgan fingerprint density at radius 2 is 1.25 bits per heavy atom. The van der Waals surface area contributed by atoms with Crippen molar-refractivity contribution in [3.05, 3.63) is 0 Å². The molecule has 0 unspecified atom stereocenters. The smallest absolute Gasteiger partial charge is 0.00750 e. The molecule has 0 rings (SSSR count). The van der Waals surface area contributed by atoms with Gasteiger partial charge in [0.25, 0.3) is 0 Å². The molecule has 0 bridgehead atoms. The SMILES string of the molecule is CCNCC.NCCNCCN. The summed E-state index contributed by atoms with van der Waals surface area (Å²) in [5.41, 5.74) is 10.3. The van der Waals surface area contributed by atoms with Crippen molar-refractivity contribution in [2.45, 2.75) is 13.8 Å². The fraction of sp³-hybridized carbons (Fsp3) is 1.00. The summed E-state index contributed by atoms with van der Waals surface area (Å²) < 4.78 is 0. The first-order valence-electron chi connectivity index (χ1n) is 4.64. The van der Waals surface area contributed by atoms with Gasteiger partial charge in [-0.3, -0.25) is 0 Å². The second-order valence-electron chi connectivity index (χ2n) is 2.28. The van der Waals surface area contributed by atoms with Crippen LogP contribution in [0.15, 0.2) is 0 Å². The second kappa shape index (κ2) is 17.1. The molecule has 0 radical (unpaired) electrons. The van der Waals surface area contributed by atoms with Gasteiger partial charge < -0.3 is 22.1 Å². The van der Waals surface area contributed by atoms with Gasteiger partial charge in [0.2, 0.25) is 0 Å². The Labute approximate surface area is 76.1 Å². The first-order chi connectivity index (χ1) is 5.83. The van der Waals surface area contributed by atoms with E-state index in [9.17, 15) is 0 Å². The van der Waals surface area contributed by atoms with Crippen LogP contribution in [0.1, 0.15) is 13.8 Å². The summed E-state index contributed by atoms with van der Waals surface area (Å²) in [7, 11) is 0. The lowest BCUT2D eigenvalue weighted by Gasteiger charge is -1.95. The molecule has 0 heterocycles. The number of rotatable bonds is 6. The normalized spacial score (nSPS) is 9.00. The molecule has 0 amide bonds. The van der Waals surface area contributed by atoms with Gasteiger partial charge in [-0.1, -0.05) is 13.8 Å². The number of hydrogen-bond donors (Lipinski definition) is 4. The molecule has 0 aliphatic rings. The molecule has 0 aromatic heterocycles. The van der Waals surface area contributed by atoms with Crippen LogP contribution in [-0.4, -0.2) is 39.3 Å². The van der Waals surface area contributed by atoms with E-state index in [4.69, 9.17) is 11.5 Å². The molecule has 4 heteroatoms. The van der Waals surface area contributed by atoms with Gasteiger partial charge in [-0.15, -0.1) is 0 Å². The summed E-state index contributed by atoms with van der Waals surface area (Å²) in [4.78, 5) is 0. The zero-order valence-electron chi connectivity index (χ0n) is 8.40. The molecule has 0 aliphatic heterocycles. The highest BCUT2D eigenvalue weighted by Gasteiger charge is 1.76. The van der Waals surface area contributed by atoms with E-state index in [0.717, 1.165) is 26.2 Å². The molecule has 0 aromatic carbocycles. The third-order valence-corrected chi connectivity index (χ3v) is 1.14. The van der Waals surface area contributed by atoms with Gasteiger partial charge >= 0.3 is 0 Å². The van der Waals surface area contributed by atoms with Gasteiger partial charge in [0.15, 0.2) is 0 Å². The molecule has 0 aromatic rings. The van der Waals surface area contributed by atoms with Crippen molar-refractivity contribution >= 4 is 0 Å². The van der Waals surface area contributed by atoms with E-state index in [1.165, 1.54) is 0 Å². The summed E-state index contributed by atoms with van der Waals surface area (Å²) >= 11 is 0. The third-order valence-electron chi connectivity index (χ3n) is 1.14. The summed E-state index contributed by atoms with van der Waals surface area (Å²) in [6.07, 6.45) is 0. The Balaban J connectivity index is 0. The lowest BCUT2D eigenvalue weighted by molar-refractivity contribution is 0.696. The van der Waals surface area contributed by atoms with Crippen molar-refractivity contribution < 1.29 is 0 Å². The van der Waals surface area contributed by atoms with Gasteiger partial charge in [0, 0.05) is 26.2 Å². The van der Waals surface area contributed by atoms with Crippen LogP contribution in [0, 0.1) is 0 Å². The molecule has 0 spiro atoms. The zero-order valence-corrected chi connectivity index (χ0v) is 8.40. The predicted octanol–water partition coefficient (Wildman–Crippen LogP) is -0.891. The maximum Gasteiger partial charge on any atom is 0.00750 e. The lowest BCUT2D eigenvalue weighted by atomic mass is 10.6. The van der Waals surface area contributed by atoms with Gasteiger partial charge in [-0.05, 0) is 13.1 Å². The Hall–Kier alpha value is -0.160. The lowest BCUT2D eigenvalue weighted by Crippen LogP contribution is -2.27. The average Bonchev–Trinajstić information content (AvgIpc) is 2.08. The minimum atomic E-state index is 0.694. The second-order valence-corrected chi connectivity index (χ2v) is 2.28. The monoisotopic (exact) mass is 176 g/mol. The van der Waals surface area contributed by atoms with Gasteiger partial charge in [-0.2, -0.15) is 0 Å². The van der Waals surface area contributed by atoms with E-state index in [-0.39, 0.29) is 0 Å². The van der Waals surface area contributed by atoms with Crippen LogP contribution in [0.4, 0.5) is 0 Å². The molecular weight excluding hydrogens is 152 g/mol. The summed E-state index contributed by atoms with van der Waals surface area (Å²) in [6, 6.07) is 0. The fourth-order valence-corrected chi connectivity index (χ4v) is 0.579. The Morgan fingerprint density at radius 3 is 1.42 bits per heavy atom. The largest absolute Gasteiger partial charge is 0.329 e. The van der Waals surface area contributed by atoms with Gasteiger partial charge in [0.1, 0.15) is 0 Å². The van der Waals surface area contributed by atoms with Crippen molar-refractivity contribution in [1.29, 1.82) is 0 Å². The van der Waals surface area contributed by atoms with Crippen LogP contribution >= 0.6 is 0 Å². The maximum absolute atomic E-state index is 5.17. The van der Waals surface area contributed by atoms with Crippen molar-refractivity contribution in [3.63, 3.8) is 0 Å². The van der Waals surface area contributed by atoms with E-state index >= 15 is 0 Å². The number of nitrogens with two attached hydrogens (primary N) is 2. The first-order valence-corrected chi connectivity index (χ1v) is 4.64. The van der Waals surface area contributed by atoms with E-state index in [1.807, 2.05) is 0 Å². The Bertz CT molecular complexity index is 53.0. The molecule has 12 heavy (non-hydrogen) atoms. The van der Waals surface area contributed by atoms with Crippen molar-refractivity contribution in [3.8, 4) is 0 Å². The summed E-state index contributed by atoms with van der Waals surface area (Å²) in [5.74, 6) is 0. The molecule has 4 nitrogen and oxygen atoms in total. The molecule has 6 N–H and O–H groups in total. The maximum atomic E-state index is 5.17. The van der Waals surface area contributed by atoms with Crippen LogP contribution in [-0.2, 0) is 0 Å². The third kappa shape index (κ3) is 22.5. The fourth-order valence-electron chi connectivity index (χ4n) is 0.579. The van der Waals surface area contributed by atoms with E-state index in [1.54, 1.807) is 0 Å². The predicted molar refractivity (Wildman–Crippen MR) is 55.2 cm³/mol. The average molecular weight is 176 g/mol. The van der Waals surface area contributed by atoms with Crippen molar-refractivity contribution in [2.75, 3.05) is 39.3 Å². The minimum Gasteiger partial charge on any atom is -0.329 e. The standard InChI is InChI=1S/C4H13N3.C4H11N/c5-1-3-7-4-2-6;1-3-5-4-2/h7H,1-6H2;5H,3-4H2,1-2H3. The van der Waals surface area contributed by atoms with E-state index in [2.05, 4.69) is 24.5 Å². The van der Waals surface area contributed by atoms with Gasteiger partial charge in [-0.25, -0.2) is 0 Å². The topological polar surface area (TPSA) is 76.1 Å². The van der Waals surface area contributed by atoms with Crippen LogP contribution in [0.25, 0.3) is 0 Å². The number of nitrogens with one attached hydrogen (secondary N) is 2. The van der Waals surface area contributed by atoms with Gasteiger partial charge in [0.05, 0.1) is 0 Å². The highest BCUT2D eigenvalue weighted by Crippen LogP contribution is 1.49. The molecule has 76 valence electrons. The minimum absolute atomic E-state index is 0.694. The molecular formula is C8H24N4. The van der Waals surface area contributed by atoms with Crippen molar-refractivity contribution in [1.82, 2.24) is 10.6 Å². The Kier molecular flexibility index (Phi) is 20.4. The first kappa shape index (κ1) is 14.4. The number of hydrogen-bond acceptors (Lipinski definition) is 4. The molecule has 0 saturated heterocycles. The molecule has 0 saturated carbocycles. The van der Waals surface area contributed by atoms with Crippen LogP contribution in [0.2, 0.25) is 0 Å². The van der Waals surface area contributed by atoms with E-state index < -0.39 is 0 Å². The quantitative estimate of drug-likeness (QED) is 0.396.